The van der Waals surface area contributed by atoms with Crippen LogP contribution in [0.5, 0.6) is 0 Å². The lowest BCUT2D eigenvalue weighted by Gasteiger charge is -2.27. The lowest BCUT2D eigenvalue weighted by Crippen LogP contribution is -2.46. The molecule has 0 spiro atoms. The minimum atomic E-state index is -0.890. The van der Waals surface area contributed by atoms with Crippen molar-refractivity contribution in [3.63, 3.8) is 0 Å². The highest BCUT2D eigenvalue weighted by molar-refractivity contribution is 6.64. The van der Waals surface area contributed by atoms with E-state index in [1.807, 2.05) is 0 Å². The number of nitrogens with one attached hydrogen (secondary N) is 1. The third-order valence-corrected chi connectivity index (χ3v) is 2.42. The average molecular weight is 199 g/mol. The normalized spacial score (nSPS) is 20.0. The van der Waals surface area contributed by atoms with E-state index in [2.05, 4.69) is 5.23 Å². The first-order valence-corrected chi connectivity index (χ1v) is 4.73. The van der Waals surface area contributed by atoms with Crippen molar-refractivity contribution in [2.24, 2.45) is 5.92 Å². The molecule has 0 aliphatic carbocycles. The van der Waals surface area contributed by atoms with Crippen LogP contribution in [0.25, 0.3) is 0 Å². The zero-order chi connectivity index (χ0) is 10.4. The molecule has 1 heterocycles. The van der Waals surface area contributed by atoms with Gasteiger partial charge >= 0.3 is 5.97 Å². The second kappa shape index (κ2) is 5.77. The fourth-order valence-electron chi connectivity index (χ4n) is 1.68. The number of hydrogen-bond acceptors (Lipinski definition) is 4. The molecule has 0 amide bonds. The van der Waals surface area contributed by atoms with Crippen LogP contribution in [0.4, 0.5) is 0 Å². The van der Waals surface area contributed by atoms with Crippen LogP contribution in [0.3, 0.4) is 0 Å². The maximum Gasteiger partial charge on any atom is 0.319 e. The summed E-state index contributed by atoms with van der Waals surface area (Å²) >= 11 is 0. The van der Waals surface area contributed by atoms with Gasteiger partial charge in [0.05, 0.1) is 12.2 Å². The van der Waals surface area contributed by atoms with Gasteiger partial charge in [-0.15, -0.1) is 0 Å². The van der Waals surface area contributed by atoms with Gasteiger partial charge < -0.3 is 19.9 Å². The molecule has 0 aromatic carbocycles. The van der Waals surface area contributed by atoms with Gasteiger partial charge in [-0.25, -0.2) is 0 Å². The summed E-state index contributed by atoms with van der Waals surface area (Å²) in [6.07, 6.45) is 2.15. The average Bonchev–Trinajstić information content (AvgIpc) is 2.19. The lowest BCUT2D eigenvalue weighted by atomic mass is 9.87. The van der Waals surface area contributed by atoms with Crippen molar-refractivity contribution < 1.29 is 19.4 Å². The van der Waals surface area contributed by atoms with Crippen LogP contribution in [0, 0.1) is 5.92 Å². The third-order valence-electron chi connectivity index (χ3n) is 2.42. The number of rotatable bonds is 5. The standard InChI is InChI=1S/C8H14BNO4/c11-5-9-10-7(8(12)13)6-1-3-14-4-2-6/h5-7,9-10H,1-4H2,(H,12,13)/t7-/m0/s1. The Morgan fingerprint density at radius 1 is 1.57 bits per heavy atom. The van der Waals surface area contributed by atoms with Crippen LogP contribution in [0.2, 0.25) is 0 Å². The molecule has 0 aromatic rings. The van der Waals surface area contributed by atoms with Gasteiger partial charge in [0.1, 0.15) is 0 Å². The number of aliphatic carboxylic acids is 1. The molecule has 78 valence electrons. The van der Waals surface area contributed by atoms with E-state index >= 15 is 0 Å². The first-order chi connectivity index (χ1) is 6.75. The van der Waals surface area contributed by atoms with Crippen LogP contribution in [0.15, 0.2) is 0 Å². The van der Waals surface area contributed by atoms with E-state index in [0.717, 1.165) is 12.8 Å². The first-order valence-electron chi connectivity index (χ1n) is 4.73. The molecule has 1 aliphatic rings. The van der Waals surface area contributed by atoms with Crippen LogP contribution >= 0.6 is 0 Å². The third kappa shape index (κ3) is 3.12. The minimum absolute atomic E-state index is 0.0706. The molecule has 0 saturated carbocycles. The van der Waals surface area contributed by atoms with Gasteiger partial charge in [-0.3, -0.25) is 4.79 Å². The van der Waals surface area contributed by atoms with Crippen molar-refractivity contribution in [1.29, 1.82) is 0 Å². The molecule has 1 saturated heterocycles. The van der Waals surface area contributed by atoms with Gasteiger partial charge in [-0.2, -0.15) is 0 Å². The molecule has 1 rings (SSSR count). The molecular weight excluding hydrogens is 185 g/mol. The van der Waals surface area contributed by atoms with Crippen LogP contribution in [-0.2, 0) is 14.3 Å². The summed E-state index contributed by atoms with van der Waals surface area (Å²) in [5.41, 5.74) is 0. The SMILES string of the molecule is O=CBN[C@H](C(=O)O)C1CCOCC1. The predicted octanol–water partition coefficient (Wildman–Crippen LogP) is -1.00. The summed E-state index contributed by atoms with van der Waals surface area (Å²) < 4.78 is 5.14. The Kier molecular flexibility index (Phi) is 4.62. The molecule has 5 nitrogen and oxygen atoms in total. The van der Waals surface area contributed by atoms with Gasteiger partial charge in [-0.05, 0) is 18.8 Å². The van der Waals surface area contributed by atoms with Crippen molar-refractivity contribution in [2.45, 2.75) is 18.9 Å². The Morgan fingerprint density at radius 3 is 2.71 bits per heavy atom. The molecule has 1 aliphatic heterocycles. The van der Waals surface area contributed by atoms with E-state index in [1.165, 1.54) is 0 Å². The summed E-state index contributed by atoms with van der Waals surface area (Å²) in [6.45, 7) is 1.22. The number of ether oxygens (including phenoxy) is 1. The number of carbonyl (C=O) groups is 2. The van der Waals surface area contributed by atoms with E-state index in [-0.39, 0.29) is 13.3 Å². The molecule has 14 heavy (non-hydrogen) atoms. The molecule has 0 unspecified atom stereocenters. The Labute approximate surface area is 83.1 Å². The maximum atomic E-state index is 10.9. The second-order valence-corrected chi connectivity index (χ2v) is 3.34. The summed E-state index contributed by atoms with van der Waals surface area (Å²) in [5, 5.41) is 11.6. The molecule has 0 aromatic heterocycles. The Hall–Kier alpha value is -0.875. The van der Waals surface area contributed by atoms with Gasteiger partial charge in [0.2, 0.25) is 0 Å². The van der Waals surface area contributed by atoms with Crippen LogP contribution in [-0.4, -0.2) is 43.9 Å². The van der Waals surface area contributed by atoms with Gasteiger partial charge in [0.15, 0.2) is 0 Å². The largest absolute Gasteiger partial charge is 0.480 e. The highest BCUT2D eigenvalue weighted by Crippen LogP contribution is 2.18. The molecule has 1 fully saturated rings. The molecule has 6 heteroatoms. The topological polar surface area (TPSA) is 75.6 Å². The van der Waals surface area contributed by atoms with E-state index < -0.39 is 12.0 Å². The van der Waals surface area contributed by atoms with Crippen molar-refractivity contribution >= 4 is 19.6 Å². The lowest BCUT2D eigenvalue weighted by molar-refractivity contribution is -0.141. The van der Waals surface area contributed by atoms with E-state index in [4.69, 9.17) is 9.84 Å². The van der Waals surface area contributed by atoms with Crippen molar-refractivity contribution in [2.75, 3.05) is 13.2 Å². The van der Waals surface area contributed by atoms with Crippen LogP contribution < -0.4 is 5.23 Å². The van der Waals surface area contributed by atoms with Crippen molar-refractivity contribution in [1.82, 2.24) is 5.23 Å². The van der Waals surface area contributed by atoms with E-state index in [1.54, 1.807) is 0 Å². The van der Waals surface area contributed by atoms with E-state index in [9.17, 15) is 9.59 Å². The number of carbonyl (C=O) groups excluding carboxylic acids is 1. The van der Waals surface area contributed by atoms with Crippen molar-refractivity contribution in [3.8, 4) is 0 Å². The predicted molar refractivity (Wildman–Crippen MR) is 52.0 cm³/mol. The fraction of sp³-hybridized carbons (Fsp3) is 0.750. The summed E-state index contributed by atoms with van der Waals surface area (Å²) in [6, 6.07) is -0.621. The Morgan fingerprint density at radius 2 is 2.21 bits per heavy atom. The highest BCUT2D eigenvalue weighted by atomic mass is 16.5. The number of carboxylic acids is 1. The monoisotopic (exact) mass is 199 g/mol. The molecule has 0 bridgehead atoms. The van der Waals surface area contributed by atoms with Crippen molar-refractivity contribution in [3.05, 3.63) is 0 Å². The second-order valence-electron chi connectivity index (χ2n) is 3.34. The van der Waals surface area contributed by atoms with Gasteiger partial charge in [0.25, 0.3) is 7.41 Å². The Balaban J connectivity index is 2.46. The zero-order valence-electron chi connectivity index (χ0n) is 7.94. The number of hydrogen-bond donors (Lipinski definition) is 2. The van der Waals surface area contributed by atoms with Crippen LogP contribution in [0.1, 0.15) is 12.8 Å². The molecular formula is C8H14BNO4. The maximum absolute atomic E-state index is 10.9. The smallest absolute Gasteiger partial charge is 0.319 e. The Bertz CT molecular complexity index is 206. The summed E-state index contributed by atoms with van der Waals surface area (Å²) in [5.74, 6) is -0.819. The van der Waals surface area contributed by atoms with Gasteiger partial charge in [0, 0.05) is 13.2 Å². The zero-order valence-corrected chi connectivity index (χ0v) is 7.94. The summed E-state index contributed by atoms with van der Waals surface area (Å²) in [7, 11) is 0.0916. The number of carboxylic acid groups (broad SMARTS) is 1. The molecule has 2 N–H and O–H groups in total. The first kappa shape index (κ1) is 11.2. The molecule has 0 radical (unpaired) electrons. The van der Waals surface area contributed by atoms with Gasteiger partial charge in [-0.1, -0.05) is 0 Å². The van der Waals surface area contributed by atoms with E-state index in [0.29, 0.717) is 19.4 Å². The summed E-state index contributed by atoms with van der Waals surface area (Å²) in [4.78, 5) is 21.0. The molecule has 1 atom stereocenters. The highest BCUT2D eigenvalue weighted by Gasteiger charge is 2.28. The quantitative estimate of drug-likeness (QED) is 0.438. The fourth-order valence-corrected chi connectivity index (χ4v) is 1.68. The minimum Gasteiger partial charge on any atom is -0.480 e.